The van der Waals surface area contributed by atoms with E-state index in [-0.39, 0.29) is 34.9 Å². The molecule has 0 aliphatic heterocycles. The second-order valence-electron chi connectivity index (χ2n) is 7.30. The molecule has 2 amide bonds. The lowest BCUT2D eigenvalue weighted by Crippen LogP contribution is -2.43. The standard InChI is InChI=1S/C23H26FN3O9S/c1-33-18-9-13(10-19(34-2)21(18)35-3)22(29)26-16(7-8-37-4)23(30)36-12-20(28)25-14-5-6-15(24)17(11-14)27(31)32/h5-6,9-11,16H,7-8,12H2,1-4H3,(H,25,28)(H,26,29)/t16-/m1/s1. The van der Waals surface area contributed by atoms with Gasteiger partial charge in [0.2, 0.25) is 11.6 Å². The number of nitro groups is 1. The van der Waals surface area contributed by atoms with E-state index < -0.39 is 46.9 Å². The van der Waals surface area contributed by atoms with E-state index in [1.165, 1.54) is 45.2 Å². The number of methoxy groups -OCH3 is 3. The molecule has 2 aromatic rings. The summed E-state index contributed by atoms with van der Waals surface area (Å²) in [6, 6.07) is 4.55. The van der Waals surface area contributed by atoms with Gasteiger partial charge in [-0.3, -0.25) is 19.7 Å². The van der Waals surface area contributed by atoms with Crippen LogP contribution in [-0.4, -0.2) is 68.7 Å². The van der Waals surface area contributed by atoms with E-state index >= 15 is 0 Å². The van der Waals surface area contributed by atoms with Gasteiger partial charge in [-0.15, -0.1) is 0 Å². The number of carbonyl (C=O) groups excluding carboxylic acids is 3. The molecular weight excluding hydrogens is 513 g/mol. The average Bonchev–Trinajstić information content (AvgIpc) is 2.89. The maximum atomic E-state index is 13.5. The molecule has 1 atom stereocenters. The molecule has 200 valence electrons. The number of anilines is 1. The first-order chi connectivity index (χ1) is 17.6. The SMILES string of the molecule is COc1cc(C(=O)N[C@H](CCSC)C(=O)OCC(=O)Nc2ccc(F)c([N+](=O)[O-])c2)cc(OC)c1OC. The minimum atomic E-state index is -1.08. The van der Waals surface area contributed by atoms with Gasteiger partial charge in [0.05, 0.1) is 26.3 Å². The summed E-state index contributed by atoms with van der Waals surface area (Å²) in [5.74, 6) is -2.08. The number of thioether (sulfide) groups is 1. The highest BCUT2D eigenvalue weighted by Gasteiger charge is 2.25. The maximum absolute atomic E-state index is 13.5. The van der Waals surface area contributed by atoms with Gasteiger partial charge in [-0.1, -0.05) is 0 Å². The first kappa shape index (κ1) is 29.2. The van der Waals surface area contributed by atoms with Gasteiger partial charge in [-0.2, -0.15) is 16.2 Å². The van der Waals surface area contributed by atoms with Crippen LogP contribution in [0.25, 0.3) is 0 Å². The van der Waals surface area contributed by atoms with Gasteiger partial charge >= 0.3 is 11.7 Å². The van der Waals surface area contributed by atoms with E-state index in [4.69, 9.17) is 18.9 Å². The molecular formula is C23H26FN3O9S. The molecule has 2 aromatic carbocycles. The number of ether oxygens (including phenoxy) is 4. The lowest BCUT2D eigenvalue weighted by molar-refractivity contribution is -0.387. The van der Waals surface area contributed by atoms with Crippen LogP contribution in [-0.2, 0) is 14.3 Å². The predicted octanol–water partition coefficient (Wildman–Crippen LogP) is 2.79. The first-order valence-electron chi connectivity index (χ1n) is 10.6. The molecule has 0 fully saturated rings. The van der Waals surface area contributed by atoms with Crippen LogP contribution in [0.4, 0.5) is 15.8 Å². The Hall–Kier alpha value is -4.07. The zero-order valence-corrected chi connectivity index (χ0v) is 21.3. The van der Waals surface area contributed by atoms with Crippen LogP contribution in [0.5, 0.6) is 17.2 Å². The number of carbonyl (C=O) groups is 3. The summed E-state index contributed by atoms with van der Waals surface area (Å²) in [5.41, 5.74) is -0.739. The van der Waals surface area contributed by atoms with Gasteiger partial charge in [0.1, 0.15) is 6.04 Å². The van der Waals surface area contributed by atoms with E-state index in [9.17, 15) is 28.9 Å². The lowest BCUT2D eigenvalue weighted by Gasteiger charge is -2.18. The minimum Gasteiger partial charge on any atom is -0.493 e. The number of esters is 1. The van der Waals surface area contributed by atoms with Crippen molar-refractivity contribution in [2.45, 2.75) is 12.5 Å². The van der Waals surface area contributed by atoms with E-state index in [0.29, 0.717) is 5.75 Å². The Morgan fingerprint density at radius 3 is 2.27 bits per heavy atom. The summed E-state index contributed by atoms with van der Waals surface area (Å²) < 4.78 is 34.2. The lowest BCUT2D eigenvalue weighted by atomic mass is 10.1. The summed E-state index contributed by atoms with van der Waals surface area (Å²) in [6.45, 7) is -0.736. The third kappa shape index (κ3) is 7.96. The molecule has 2 N–H and O–H groups in total. The Labute approximate surface area is 215 Å². The summed E-state index contributed by atoms with van der Waals surface area (Å²) in [7, 11) is 4.21. The van der Waals surface area contributed by atoms with Crippen molar-refractivity contribution < 1.29 is 42.6 Å². The van der Waals surface area contributed by atoms with Gasteiger partial charge in [-0.05, 0) is 42.7 Å². The van der Waals surface area contributed by atoms with E-state index in [1.807, 2.05) is 6.26 Å². The Morgan fingerprint density at radius 1 is 1.08 bits per heavy atom. The Kier molecular flexibility index (Phi) is 10.9. The molecule has 0 bridgehead atoms. The summed E-state index contributed by atoms with van der Waals surface area (Å²) >= 11 is 1.44. The highest BCUT2D eigenvalue weighted by atomic mass is 32.2. The Balaban J connectivity index is 2.09. The van der Waals surface area contributed by atoms with E-state index in [1.54, 1.807) is 0 Å². The van der Waals surface area contributed by atoms with Crippen LogP contribution < -0.4 is 24.8 Å². The van der Waals surface area contributed by atoms with Crippen LogP contribution in [0.2, 0.25) is 0 Å². The Morgan fingerprint density at radius 2 is 1.73 bits per heavy atom. The van der Waals surface area contributed by atoms with Gasteiger partial charge < -0.3 is 29.6 Å². The fourth-order valence-corrected chi connectivity index (χ4v) is 3.57. The number of hydrogen-bond acceptors (Lipinski definition) is 10. The molecule has 0 aliphatic rings. The monoisotopic (exact) mass is 539 g/mol. The van der Waals surface area contributed by atoms with E-state index in [0.717, 1.165) is 18.2 Å². The zero-order chi connectivity index (χ0) is 27.5. The minimum absolute atomic E-state index is 0.0521. The fourth-order valence-electron chi connectivity index (χ4n) is 3.10. The smallest absolute Gasteiger partial charge is 0.329 e. The van der Waals surface area contributed by atoms with Gasteiger partial charge in [0.25, 0.3) is 11.8 Å². The van der Waals surface area contributed by atoms with Gasteiger partial charge in [0, 0.05) is 17.3 Å². The van der Waals surface area contributed by atoms with Crippen molar-refractivity contribution in [1.82, 2.24) is 5.32 Å². The number of amides is 2. The molecule has 0 aromatic heterocycles. The molecule has 37 heavy (non-hydrogen) atoms. The summed E-state index contributed by atoms with van der Waals surface area (Å²) in [6.07, 6.45) is 2.03. The van der Waals surface area contributed by atoms with Gasteiger partial charge in [-0.25, -0.2) is 4.79 Å². The van der Waals surface area contributed by atoms with E-state index in [2.05, 4.69) is 10.6 Å². The normalized spacial score (nSPS) is 11.2. The molecule has 0 saturated carbocycles. The number of benzene rings is 2. The van der Waals surface area contributed by atoms with Crippen LogP contribution in [0.1, 0.15) is 16.8 Å². The number of nitrogens with one attached hydrogen (secondary N) is 2. The van der Waals surface area contributed by atoms with Gasteiger partial charge in [0.15, 0.2) is 18.1 Å². The molecule has 2 rings (SSSR count). The van der Waals surface area contributed by atoms with Crippen molar-refractivity contribution in [3.63, 3.8) is 0 Å². The second-order valence-corrected chi connectivity index (χ2v) is 8.29. The van der Waals surface area contributed by atoms with Crippen LogP contribution in [0.3, 0.4) is 0 Å². The average molecular weight is 540 g/mol. The Bertz CT molecular complexity index is 1140. The largest absolute Gasteiger partial charge is 0.493 e. The molecule has 0 aliphatic carbocycles. The molecule has 0 saturated heterocycles. The highest BCUT2D eigenvalue weighted by molar-refractivity contribution is 7.98. The van der Waals surface area contributed by atoms with Crippen LogP contribution >= 0.6 is 11.8 Å². The number of nitrogens with zero attached hydrogens (tertiary/aromatic N) is 1. The molecule has 0 heterocycles. The molecule has 12 nitrogen and oxygen atoms in total. The third-order valence-electron chi connectivity index (χ3n) is 4.90. The molecule has 0 unspecified atom stereocenters. The van der Waals surface area contributed by atoms with Crippen molar-refractivity contribution in [1.29, 1.82) is 0 Å². The first-order valence-corrected chi connectivity index (χ1v) is 12.0. The fraction of sp³-hybridized carbons (Fsp3) is 0.348. The van der Waals surface area contributed by atoms with Crippen LogP contribution in [0, 0.1) is 15.9 Å². The second kappa shape index (κ2) is 13.9. The number of rotatable bonds is 13. The zero-order valence-electron chi connectivity index (χ0n) is 20.5. The van der Waals surface area contributed by atoms with Crippen molar-refractivity contribution in [2.24, 2.45) is 0 Å². The topological polar surface area (TPSA) is 155 Å². The van der Waals surface area contributed by atoms with Crippen molar-refractivity contribution in [2.75, 3.05) is 45.3 Å². The third-order valence-corrected chi connectivity index (χ3v) is 5.54. The molecule has 0 spiro atoms. The van der Waals surface area contributed by atoms with Crippen molar-refractivity contribution >= 4 is 40.9 Å². The number of halogens is 1. The van der Waals surface area contributed by atoms with Crippen LogP contribution in [0.15, 0.2) is 30.3 Å². The predicted molar refractivity (Wildman–Crippen MR) is 133 cm³/mol. The number of nitro benzene ring substituents is 1. The van der Waals surface area contributed by atoms with Crippen molar-refractivity contribution in [3.8, 4) is 17.2 Å². The summed E-state index contributed by atoms with van der Waals surface area (Å²) in [5, 5.41) is 15.7. The summed E-state index contributed by atoms with van der Waals surface area (Å²) in [4.78, 5) is 47.7. The highest BCUT2D eigenvalue weighted by Crippen LogP contribution is 2.38. The quantitative estimate of drug-likeness (QED) is 0.220. The van der Waals surface area contributed by atoms with Crippen molar-refractivity contribution in [3.05, 3.63) is 51.8 Å². The maximum Gasteiger partial charge on any atom is 0.329 e. The molecule has 14 heteroatoms. The number of hydrogen-bond donors (Lipinski definition) is 2. The molecule has 0 radical (unpaired) electrons.